The Balaban J connectivity index is 2.41. The fraction of sp³-hybridized carbons (Fsp3) is 0.0769. The number of halogens is 1. The molecule has 0 aliphatic rings. The first kappa shape index (κ1) is 16.8. The van der Waals surface area contributed by atoms with Crippen LogP contribution in [0.5, 0.6) is 11.5 Å². The molecule has 0 aromatic heterocycles. The van der Waals surface area contributed by atoms with Crippen molar-refractivity contribution in [3.05, 3.63) is 51.5 Å². The highest BCUT2D eigenvalue weighted by Crippen LogP contribution is 2.31. The summed E-state index contributed by atoms with van der Waals surface area (Å²) in [4.78, 5) is 9.91. The molecule has 0 fully saturated rings. The normalized spacial score (nSPS) is 11.0. The van der Waals surface area contributed by atoms with Crippen molar-refractivity contribution in [2.45, 2.75) is 4.90 Å². The molecular weight excluding hydrogens is 348 g/mol. The predicted molar refractivity (Wildman–Crippen MR) is 83.6 cm³/mol. The Bertz CT molecular complexity index is 869. The maximum absolute atomic E-state index is 12.3. The lowest BCUT2D eigenvalue weighted by atomic mass is 10.3. The van der Waals surface area contributed by atoms with Crippen molar-refractivity contribution in [3.8, 4) is 11.5 Å². The van der Waals surface area contributed by atoms with Crippen molar-refractivity contribution in [2.75, 3.05) is 11.8 Å². The first-order valence-electron chi connectivity index (χ1n) is 6.08. The standard InChI is InChI=1S/C13H11ClN2O6S/c1-22-13-5-3-9(7-11(13)16(18)19)23(20,21)15-8-2-4-12(17)10(14)6-8/h2-7,15,17H,1H3. The number of phenolic OH excluding ortho intramolecular Hbond substituents is 1. The van der Waals surface area contributed by atoms with Crippen LogP contribution in [-0.2, 0) is 10.0 Å². The van der Waals surface area contributed by atoms with Crippen LogP contribution in [0.25, 0.3) is 0 Å². The molecule has 122 valence electrons. The number of aromatic hydroxyl groups is 1. The molecule has 8 nitrogen and oxygen atoms in total. The molecule has 0 atom stereocenters. The molecule has 0 saturated heterocycles. The van der Waals surface area contributed by atoms with Crippen molar-refractivity contribution in [1.29, 1.82) is 0 Å². The van der Waals surface area contributed by atoms with Gasteiger partial charge in [0.15, 0.2) is 5.75 Å². The number of nitro groups is 1. The van der Waals surface area contributed by atoms with Gasteiger partial charge in [-0.1, -0.05) is 11.6 Å². The Morgan fingerprint density at radius 3 is 2.52 bits per heavy atom. The predicted octanol–water partition coefficient (Wildman–Crippen LogP) is 2.76. The Morgan fingerprint density at radius 2 is 1.96 bits per heavy atom. The summed E-state index contributed by atoms with van der Waals surface area (Å²) in [6.45, 7) is 0. The van der Waals surface area contributed by atoms with Gasteiger partial charge in [0, 0.05) is 6.07 Å². The maximum Gasteiger partial charge on any atom is 0.312 e. The van der Waals surface area contributed by atoms with E-state index in [0.29, 0.717) is 0 Å². The third-order valence-electron chi connectivity index (χ3n) is 2.86. The van der Waals surface area contributed by atoms with Gasteiger partial charge in [0.25, 0.3) is 10.0 Å². The Hall–Kier alpha value is -2.52. The van der Waals surface area contributed by atoms with E-state index in [9.17, 15) is 23.6 Å². The summed E-state index contributed by atoms with van der Waals surface area (Å²) in [5.41, 5.74) is -0.370. The molecule has 10 heteroatoms. The van der Waals surface area contributed by atoms with Gasteiger partial charge >= 0.3 is 5.69 Å². The van der Waals surface area contributed by atoms with Gasteiger partial charge in [-0.2, -0.15) is 0 Å². The molecule has 2 aromatic carbocycles. The van der Waals surface area contributed by atoms with E-state index in [1.54, 1.807) is 0 Å². The first-order valence-corrected chi connectivity index (χ1v) is 7.94. The average Bonchev–Trinajstić information content (AvgIpc) is 2.50. The fourth-order valence-corrected chi connectivity index (χ4v) is 3.01. The number of hydrogen-bond acceptors (Lipinski definition) is 6. The molecule has 0 amide bonds. The highest BCUT2D eigenvalue weighted by molar-refractivity contribution is 7.92. The van der Waals surface area contributed by atoms with Gasteiger partial charge in [0.2, 0.25) is 0 Å². The van der Waals surface area contributed by atoms with Crippen LogP contribution in [0.15, 0.2) is 41.3 Å². The summed E-state index contributed by atoms with van der Waals surface area (Å²) in [5.74, 6) is -0.253. The van der Waals surface area contributed by atoms with Crippen LogP contribution in [0, 0.1) is 10.1 Å². The van der Waals surface area contributed by atoms with E-state index in [0.717, 1.165) is 6.07 Å². The Labute approximate surface area is 136 Å². The van der Waals surface area contributed by atoms with Crippen LogP contribution in [0.2, 0.25) is 5.02 Å². The number of nitro benzene ring substituents is 1. The number of hydrogen-bond donors (Lipinski definition) is 2. The number of rotatable bonds is 5. The SMILES string of the molecule is COc1ccc(S(=O)(=O)Nc2ccc(O)c(Cl)c2)cc1[N+](=O)[O-]. The lowest BCUT2D eigenvalue weighted by molar-refractivity contribution is -0.386. The molecule has 23 heavy (non-hydrogen) atoms. The summed E-state index contributed by atoms with van der Waals surface area (Å²) >= 11 is 5.70. The van der Waals surface area contributed by atoms with Crippen molar-refractivity contribution in [3.63, 3.8) is 0 Å². The zero-order valence-electron chi connectivity index (χ0n) is 11.7. The second-order valence-corrected chi connectivity index (χ2v) is 6.45. The van der Waals surface area contributed by atoms with Gasteiger partial charge in [0.05, 0.1) is 27.6 Å². The van der Waals surface area contributed by atoms with E-state index >= 15 is 0 Å². The maximum atomic E-state index is 12.3. The summed E-state index contributed by atoms with van der Waals surface area (Å²) in [5, 5.41) is 20.2. The minimum atomic E-state index is -4.07. The van der Waals surface area contributed by atoms with Crippen LogP contribution in [-0.4, -0.2) is 25.6 Å². The number of ether oxygens (including phenoxy) is 1. The minimum absolute atomic E-state index is 0.0362. The van der Waals surface area contributed by atoms with Crippen LogP contribution >= 0.6 is 11.6 Å². The lowest BCUT2D eigenvalue weighted by Crippen LogP contribution is -2.13. The van der Waals surface area contributed by atoms with Crippen molar-refractivity contribution < 1.29 is 23.2 Å². The lowest BCUT2D eigenvalue weighted by Gasteiger charge is -2.10. The Kier molecular flexibility index (Phi) is 4.62. The molecule has 0 radical (unpaired) electrons. The highest BCUT2D eigenvalue weighted by atomic mass is 35.5. The van der Waals surface area contributed by atoms with Gasteiger partial charge in [-0.25, -0.2) is 8.42 Å². The van der Waals surface area contributed by atoms with Gasteiger partial charge in [-0.15, -0.1) is 0 Å². The van der Waals surface area contributed by atoms with Crippen LogP contribution in [0.1, 0.15) is 0 Å². The van der Waals surface area contributed by atoms with Gasteiger partial charge in [0.1, 0.15) is 5.75 Å². The number of benzene rings is 2. The smallest absolute Gasteiger partial charge is 0.312 e. The highest BCUT2D eigenvalue weighted by Gasteiger charge is 2.22. The molecular formula is C13H11ClN2O6S. The molecule has 2 N–H and O–H groups in total. The average molecular weight is 359 g/mol. The van der Waals surface area contributed by atoms with Crippen molar-refractivity contribution >= 4 is 33.0 Å². The second-order valence-electron chi connectivity index (χ2n) is 4.36. The molecule has 0 heterocycles. The molecule has 0 saturated carbocycles. The van der Waals surface area contributed by atoms with E-state index in [-0.39, 0.29) is 27.1 Å². The summed E-state index contributed by atoms with van der Waals surface area (Å²) in [6, 6.07) is 7.00. The van der Waals surface area contributed by atoms with Gasteiger partial charge in [-0.05, 0) is 30.3 Å². The Morgan fingerprint density at radius 1 is 1.26 bits per heavy atom. The minimum Gasteiger partial charge on any atom is -0.506 e. The fourth-order valence-electron chi connectivity index (χ4n) is 1.76. The number of nitrogens with zero attached hydrogens (tertiary/aromatic N) is 1. The number of phenols is 1. The number of nitrogens with one attached hydrogen (secondary N) is 1. The summed E-state index contributed by atoms with van der Waals surface area (Å²) < 4.78 is 31.6. The number of sulfonamides is 1. The van der Waals surface area contributed by atoms with E-state index in [4.69, 9.17) is 16.3 Å². The van der Waals surface area contributed by atoms with Gasteiger partial charge < -0.3 is 9.84 Å². The van der Waals surface area contributed by atoms with E-state index in [2.05, 4.69) is 4.72 Å². The molecule has 0 unspecified atom stereocenters. The second kappa shape index (κ2) is 6.31. The number of anilines is 1. The third-order valence-corrected chi connectivity index (χ3v) is 4.54. The summed E-state index contributed by atoms with van der Waals surface area (Å²) in [7, 11) is -2.83. The topological polar surface area (TPSA) is 119 Å². The van der Waals surface area contributed by atoms with E-state index in [1.807, 2.05) is 0 Å². The van der Waals surface area contributed by atoms with Crippen LogP contribution < -0.4 is 9.46 Å². The van der Waals surface area contributed by atoms with E-state index in [1.165, 1.54) is 37.4 Å². The molecule has 0 bridgehead atoms. The quantitative estimate of drug-likeness (QED) is 0.482. The number of methoxy groups -OCH3 is 1. The zero-order chi connectivity index (χ0) is 17.2. The monoisotopic (exact) mass is 358 g/mol. The summed E-state index contributed by atoms with van der Waals surface area (Å²) in [6.07, 6.45) is 0. The van der Waals surface area contributed by atoms with Crippen LogP contribution in [0.3, 0.4) is 0 Å². The molecule has 0 aliphatic carbocycles. The molecule has 2 aromatic rings. The first-order chi connectivity index (χ1) is 10.7. The molecule has 0 aliphatic heterocycles. The van der Waals surface area contributed by atoms with Crippen molar-refractivity contribution in [2.24, 2.45) is 0 Å². The van der Waals surface area contributed by atoms with Gasteiger partial charge in [-0.3, -0.25) is 14.8 Å². The zero-order valence-corrected chi connectivity index (χ0v) is 13.3. The van der Waals surface area contributed by atoms with Crippen LogP contribution in [0.4, 0.5) is 11.4 Å². The third kappa shape index (κ3) is 3.63. The molecule has 2 rings (SSSR count). The van der Waals surface area contributed by atoms with E-state index < -0.39 is 20.6 Å². The molecule has 0 spiro atoms. The largest absolute Gasteiger partial charge is 0.506 e. The van der Waals surface area contributed by atoms with Crippen molar-refractivity contribution in [1.82, 2.24) is 0 Å².